The van der Waals surface area contributed by atoms with E-state index < -0.39 is 10.1 Å². The molecule has 3 aromatic rings. The van der Waals surface area contributed by atoms with Crippen molar-refractivity contribution in [3.05, 3.63) is 59.2 Å². The van der Waals surface area contributed by atoms with Gasteiger partial charge in [-0.3, -0.25) is 10.1 Å². The van der Waals surface area contributed by atoms with Gasteiger partial charge < -0.3 is 4.18 Å². The van der Waals surface area contributed by atoms with E-state index in [1.165, 1.54) is 35.6 Å². The zero-order valence-corrected chi connectivity index (χ0v) is 18.5. The van der Waals surface area contributed by atoms with Crippen LogP contribution in [0.25, 0.3) is 0 Å². The van der Waals surface area contributed by atoms with E-state index in [0.29, 0.717) is 16.3 Å². The maximum Gasteiger partial charge on any atom is 0.339 e. The number of aromatic nitrogens is 2. The van der Waals surface area contributed by atoms with E-state index in [-0.39, 0.29) is 16.6 Å². The Hall–Kier alpha value is -2.43. The molecule has 0 aliphatic rings. The van der Waals surface area contributed by atoms with Gasteiger partial charge in [-0.1, -0.05) is 42.2 Å². The SMILES string of the molecule is CCSc1nnc(NC(=O)c2ccc(OS(=O)(=O)c3cc(C)ccc3C)cc2)s1. The molecular formula is C19H19N3O4S3. The summed E-state index contributed by atoms with van der Waals surface area (Å²) in [7, 11) is -3.97. The lowest BCUT2D eigenvalue weighted by atomic mass is 10.2. The fraction of sp³-hybridized carbons (Fsp3) is 0.211. The zero-order valence-electron chi connectivity index (χ0n) is 16.0. The molecule has 7 nitrogen and oxygen atoms in total. The molecule has 0 saturated carbocycles. The number of rotatable bonds is 7. The molecular weight excluding hydrogens is 430 g/mol. The number of carbonyl (C=O) groups is 1. The van der Waals surface area contributed by atoms with Crippen LogP contribution in [0.2, 0.25) is 0 Å². The summed E-state index contributed by atoms with van der Waals surface area (Å²) < 4.78 is 31.2. The number of hydrogen-bond donors (Lipinski definition) is 1. The molecule has 0 atom stereocenters. The molecule has 1 heterocycles. The van der Waals surface area contributed by atoms with Crippen LogP contribution in [-0.2, 0) is 10.1 Å². The predicted molar refractivity (Wildman–Crippen MR) is 114 cm³/mol. The average molecular weight is 450 g/mol. The third kappa shape index (κ3) is 5.34. The standard InChI is InChI=1S/C19H19N3O4S3/c1-4-27-19-22-21-18(28-19)20-17(23)14-7-9-15(10-8-14)26-29(24,25)16-11-12(2)5-6-13(16)3/h5-11H,4H2,1-3H3,(H,20,21,23). The van der Waals surface area contributed by atoms with Crippen LogP contribution in [0.15, 0.2) is 51.7 Å². The Morgan fingerprint density at radius 2 is 1.86 bits per heavy atom. The Morgan fingerprint density at radius 3 is 2.55 bits per heavy atom. The van der Waals surface area contributed by atoms with Crippen LogP contribution in [0.5, 0.6) is 5.75 Å². The molecule has 0 aliphatic carbocycles. The summed E-state index contributed by atoms with van der Waals surface area (Å²) >= 11 is 2.84. The van der Waals surface area contributed by atoms with Crippen molar-refractivity contribution in [3.63, 3.8) is 0 Å². The van der Waals surface area contributed by atoms with Crippen LogP contribution in [0, 0.1) is 13.8 Å². The Labute approximate surface area is 177 Å². The Morgan fingerprint density at radius 1 is 1.14 bits per heavy atom. The van der Waals surface area contributed by atoms with Gasteiger partial charge in [0.2, 0.25) is 5.13 Å². The van der Waals surface area contributed by atoms with Crippen LogP contribution in [-0.4, -0.2) is 30.3 Å². The van der Waals surface area contributed by atoms with Crippen LogP contribution < -0.4 is 9.50 Å². The Bertz CT molecular complexity index is 1130. The van der Waals surface area contributed by atoms with E-state index in [9.17, 15) is 13.2 Å². The molecule has 10 heteroatoms. The van der Waals surface area contributed by atoms with Crippen molar-refractivity contribution in [2.24, 2.45) is 0 Å². The van der Waals surface area contributed by atoms with E-state index in [1.807, 2.05) is 19.9 Å². The van der Waals surface area contributed by atoms with Gasteiger partial charge in [0.15, 0.2) is 4.34 Å². The number of hydrogen-bond acceptors (Lipinski definition) is 8. The number of anilines is 1. The summed E-state index contributed by atoms with van der Waals surface area (Å²) in [6.45, 7) is 5.53. The molecule has 152 valence electrons. The van der Waals surface area contributed by atoms with Crippen molar-refractivity contribution in [1.29, 1.82) is 0 Å². The molecule has 0 saturated heterocycles. The summed E-state index contributed by atoms with van der Waals surface area (Å²) in [6.07, 6.45) is 0. The van der Waals surface area contributed by atoms with Crippen LogP contribution in [0.3, 0.4) is 0 Å². The van der Waals surface area contributed by atoms with Gasteiger partial charge in [0.1, 0.15) is 10.6 Å². The first kappa shape index (κ1) is 21.3. The van der Waals surface area contributed by atoms with E-state index >= 15 is 0 Å². The normalized spacial score (nSPS) is 11.3. The van der Waals surface area contributed by atoms with Crippen molar-refractivity contribution >= 4 is 44.3 Å². The van der Waals surface area contributed by atoms with Crippen molar-refractivity contribution in [3.8, 4) is 5.75 Å². The summed E-state index contributed by atoms with van der Waals surface area (Å²) in [5.41, 5.74) is 1.77. The summed E-state index contributed by atoms with van der Waals surface area (Å²) in [4.78, 5) is 12.5. The second-order valence-corrected chi connectivity index (χ2v) is 10.1. The van der Waals surface area contributed by atoms with E-state index in [2.05, 4.69) is 15.5 Å². The van der Waals surface area contributed by atoms with E-state index in [4.69, 9.17) is 4.18 Å². The van der Waals surface area contributed by atoms with Gasteiger partial charge in [0.05, 0.1) is 0 Å². The number of nitrogens with one attached hydrogen (secondary N) is 1. The van der Waals surface area contributed by atoms with Gasteiger partial charge >= 0.3 is 10.1 Å². The summed E-state index contributed by atoms with van der Waals surface area (Å²) in [5, 5.41) is 11.0. The number of benzene rings is 2. The van der Waals surface area contributed by atoms with Gasteiger partial charge in [-0.25, -0.2) is 0 Å². The summed E-state index contributed by atoms with van der Waals surface area (Å²) in [5.74, 6) is 0.632. The molecule has 1 N–H and O–H groups in total. The van der Waals surface area contributed by atoms with Gasteiger partial charge in [-0.15, -0.1) is 10.2 Å². The van der Waals surface area contributed by atoms with Crippen molar-refractivity contribution in [2.45, 2.75) is 30.0 Å². The van der Waals surface area contributed by atoms with E-state index in [0.717, 1.165) is 15.7 Å². The minimum atomic E-state index is -3.97. The molecule has 29 heavy (non-hydrogen) atoms. The van der Waals surface area contributed by atoms with Gasteiger partial charge in [-0.05, 0) is 61.1 Å². The maximum absolute atomic E-state index is 12.6. The zero-order chi connectivity index (χ0) is 21.0. The number of carbonyl (C=O) groups excluding carboxylic acids is 1. The molecule has 0 spiro atoms. The van der Waals surface area contributed by atoms with Gasteiger partial charge in [0, 0.05) is 5.56 Å². The molecule has 1 amide bonds. The Kier molecular flexibility index (Phi) is 6.56. The highest BCUT2D eigenvalue weighted by atomic mass is 32.2. The lowest BCUT2D eigenvalue weighted by Gasteiger charge is -2.10. The highest BCUT2D eigenvalue weighted by molar-refractivity contribution is 8.01. The lowest BCUT2D eigenvalue weighted by molar-refractivity contribution is 0.102. The fourth-order valence-electron chi connectivity index (χ4n) is 2.42. The van der Waals surface area contributed by atoms with Crippen molar-refractivity contribution in [1.82, 2.24) is 10.2 Å². The highest BCUT2D eigenvalue weighted by Crippen LogP contribution is 2.26. The molecule has 0 bridgehead atoms. The largest absolute Gasteiger partial charge is 0.379 e. The van der Waals surface area contributed by atoms with Crippen LogP contribution >= 0.6 is 23.1 Å². The molecule has 0 unspecified atom stereocenters. The second-order valence-electron chi connectivity index (χ2n) is 6.09. The molecule has 3 rings (SSSR count). The first-order chi connectivity index (χ1) is 13.8. The van der Waals surface area contributed by atoms with Crippen molar-refractivity contribution in [2.75, 3.05) is 11.1 Å². The molecule has 0 fully saturated rings. The Balaban J connectivity index is 1.70. The molecule has 0 radical (unpaired) electrons. The number of thioether (sulfide) groups is 1. The number of amides is 1. The highest BCUT2D eigenvalue weighted by Gasteiger charge is 2.20. The predicted octanol–water partition coefficient (Wildman–Crippen LogP) is 4.29. The number of nitrogens with zero attached hydrogens (tertiary/aromatic N) is 2. The monoisotopic (exact) mass is 449 g/mol. The average Bonchev–Trinajstić information content (AvgIpc) is 3.11. The lowest BCUT2D eigenvalue weighted by Crippen LogP contribution is -2.13. The van der Waals surface area contributed by atoms with Gasteiger partial charge in [-0.2, -0.15) is 8.42 Å². The summed E-state index contributed by atoms with van der Waals surface area (Å²) in [6, 6.07) is 11.0. The molecule has 0 aliphatic heterocycles. The second kappa shape index (κ2) is 8.93. The third-order valence-corrected chi connectivity index (χ3v) is 7.07. The van der Waals surface area contributed by atoms with Crippen LogP contribution in [0.4, 0.5) is 5.13 Å². The minimum absolute atomic E-state index is 0.122. The first-order valence-electron chi connectivity index (χ1n) is 8.68. The van der Waals surface area contributed by atoms with E-state index in [1.54, 1.807) is 30.8 Å². The third-order valence-electron chi connectivity index (χ3n) is 3.83. The van der Waals surface area contributed by atoms with Gasteiger partial charge in [0.25, 0.3) is 5.91 Å². The smallest absolute Gasteiger partial charge is 0.339 e. The molecule has 2 aromatic carbocycles. The van der Waals surface area contributed by atoms with Crippen LogP contribution in [0.1, 0.15) is 28.4 Å². The number of aryl methyl sites for hydroxylation is 2. The maximum atomic E-state index is 12.6. The fourth-order valence-corrected chi connectivity index (χ4v) is 5.31. The molecule has 1 aromatic heterocycles. The quantitative estimate of drug-likeness (QED) is 0.326. The first-order valence-corrected chi connectivity index (χ1v) is 11.9. The van der Waals surface area contributed by atoms with Crippen molar-refractivity contribution < 1.29 is 17.4 Å². The minimum Gasteiger partial charge on any atom is -0.379 e. The topological polar surface area (TPSA) is 98.2 Å².